The summed E-state index contributed by atoms with van der Waals surface area (Å²) in [4.78, 5) is 0. The zero-order valence-electron chi connectivity index (χ0n) is 13.9. The highest BCUT2D eigenvalue weighted by molar-refractivity contribution is 5.31. The second-order valence-corrected chi connectivity index (χ2v) is 6.53. The Hall–Kier alpha value is -1.02. The number of hydrogen-bond donors (Lipinski definition) is 1. The van der Waals surface area contributed by atoms with E-state index >= 15 is 0 Å². The van der Waals surface area contributed by atoms with E-state index in [-0.39, 0.29) is 6.10 Å². The van der Waals surface area contributed by atoms with Crippen LogP contribution in [0.4, 0.5) is 0 Å². The molecule has 1 aromatic carbocycles. The first-order valence-corrected chi connectivity index (χ1v) is 8.70. The molecule has 1 atom stereocenters. The average Bonchev–Trinajstić information content (AvgIpc) is 2.73. The van der Waals surface area contributed by atoms with Gasteiger partial charge in [0.15, 0.2) is 0 Å². The van der Waals surface area contributed by atoms with Gasteiger partial charge in [0, 0.05) is 6.04 Å². The van der Waals surface area contributed by atoms with Crippen LogP contribution in [0.1, 0.15) is 70.9 Å². The van der Waals surface area contributed by atoms with Gasteiger partial charge in [0.2, 0.25) is 0 Å². The van der Waals surface area contributed by atoms with Crippen molar-refractivity contribution >= 4 is 0 Å². The molecule has 2 heteroatoms. The molecule has 0 spiro atoms. The van der Waals surface area contributed by atoms with Gasteiger partial charge < -0.3 is 10.1 Å². The summed E-state index contributed by atoms with van der Waals surface area (Å²) in [5.74, 6) is 1.76. The van der Waals surface area contributed by atoms with Crippen molar-refractivity contribution in [2.45, 2.75) is 71.4 Å². The first kappa shape index (κ1) is 16.4. The summed E-state index contributed by atoms with van der Waals surface area (Å²) < 4.78 is 5.87. The van der Waals surface area contributed by atoms with E-state index in [2.05, 4.69) is 50.4 Å². The van der Waals surface area contributed by atoms with Crippen molar-refractivity contribution in [3.05, 3.63) is 29.8 Å². The van der Waals surface area contributed by atoms with Gasteiger partial charge in [-0.15, -0.1) is 0 Å². The summed E-state index contributed by atoms with van der Waals surface area (Å²) >= 11 is 0. The quantitative estimate of drug-likeness (QED) is 0.736. The largest absolute Gasteiger partial charge is 0.491 e. The molecule has 1 N–H and O–H groups in total. The fraction of sp³-hybridized carbons (Fsp3) is 0.684. The third kappa shape index (κ3) is 5.03. The summed E-state index contributed by atoms with van der Waals surface area (Å²) in [5.41, 5.74) is 1.39. The van der Waals surface area contributed by atoms with Crippen LogP contribution in [0.25, 0.3) is 0 Å². The molecule has 2 nitrogen and oxygen atoms in total. The molecule has 1 fully saturated rings. The summed E-state index contributed by atoms with van der Waals surface area (Å²) in [6, 6.07) is 9.17. The molecule has 0 aromatic heterocycles. The van der Waals surface area contributed by atoms with Crippen molar-refractivity contribution in [3.63, 3.8) is 0 Å². The predicted molar refractivity (Wildman–Crippen MR) is 89.8 cm³/mol. The minimum absolute atomic E-state index is 0.232. The monoisotopic (exact) mass is 289 g/mol. The molecule has 118 valence electrons. The highest BCUT2D eigenvalue weighted by atomic mass is 16.5. The lowest BCUT2D eigenvalue weighted by Crippen LogP contribution is -2.28. The second-order valence-electron chi connectivity index (χ2n) is 6.53. The van der Waals surface area contributed by atoms with Crippen LogP contribution in [0.5, 0.6) is 5.75 Å². The first-order chi connectivity index (χ1) is 10.2. The Balaban J connectivity index is 2.16. The predicted octanol–water partition coefficient (Wildman–Crippen LogP) is 5.09. The van der Waals surface area contributed by atoms with Crippen LogP contribution >= 0.6 is 0 Å². The first-order valence-electron chi connectivity index (χ1n) is 8.70. The van der Waals surface area contributed by atoms with E-state index in [9.17, 15) is 0 Å². The van der Waals surface area contributed by atoms with Gasteiger partial charge in [0.1, 0.15) is 5.75 Å². The lowest BCUT2D eigenvalue weighted by Gasteiger charge is -2.28. The van der Waals surface area contributed by atoms with Crippen molar-refractivity contribution in [2.24, 2.45) is 5.92 Å². The molecule has 0 radical (unpaired) electrons. The van der Waals surface area contributed by atoms with Crippen molar-refractivity contribution < 1.29 is 4.74 Å². The number of benzene rings is 1. The van der Waals surface area contributed by atoms with E-state index in [1.807, 2.05) is 0 Å². The molecule has 1 saturated carbocycles. The van der Waals surface area contributed by atoms with Gasteiger partial charge in [-0.2, -0.15) is 0 Å². The maximum Gasteiger partial charge on any atom is 0.120 e. The number of hydrogen-bond acceptors (Lipinski definition) is 2. The Labute approximate surface area is 130 Å². The molecule has 1 aliphatic rings. The standard InChI is InChI=1S/C19H31NO/c1-4-20-19(16-10-7-5-6-8-11-16)17-12-9-13-18(14-17)21-15(2)3/h9,12-16,19-20H,4-8,10-11H2,1-3H3. The van der Waals surface area contributed by atoms with E-state index in [0.717, 1.165) is 18.2 Å². The van der Waals surface area contributed by atoms with Crippen LogP contribution in [0.15, 0.2) is 24.3 Å². The van der Waals surface area contributed by atoms with E-state index in [4.69, 9.17) is 4.74 Å². The van der Waals surface area contributed by atoms with Crippen molar-refractivity contribution in [1.82, 2.24) is 5.32 Å². The molecule has 0 bridgehead atoms. The highest BCUT2D eigenvalue weighted by Crippen LogP contribution is 2.34. The smallest absolute Gasteiger partial charge is 0.120 e. The fourth-order valence-electron chi connectivity index (χ4n) is 3.47. The number of rotatable bonds is 6. The molecule has 0 saturated heterocycles. The topological polar surface area (TPSA) is 21.3 Å². The lowest BCUT2D eigenvalue weighted by molar-refractivity contribution is 0.241. The van der Waals surface area contributed by atoms with E-state index in [1.165, 1.54) is 44.1 Å². The molecule has 0 aliphatic heterocycles. The summed E-state index contributed by atoms with van der Waals surface area (Å²) in [7, 11) is 0. The zero-order valence-corrected chi connectivity index (χ0v) is 13.9. The van der Waals surface area contributed by atoms with Crippen LogP contribution in [0.3, 0.4) is 0 Å². The molecule has 2 rings (SSSR count). The fourth-order valence-corrected chi connectivity index (χ4v) is 3.47. The number of nitrogens with one attached hydrogen (secondary N) is 1. The minimum Gasteiger partial charge on any atom is -0.491 e. The summed E-state index contributed by atoms with van der Waals surface area (Å²) in [5, 5.41) is 3.72. The molecule has 1 aliphatic carbocycles. The van der Waals surface area contributed by atoms with Crippen LogP contribution in [-0.2, 0) is 0 Å². The van der Waals surface area contributed by atoms with Gasteiger partial charge in [-0.05, 0) is 56.8 Å². The maximum absolute atomic E-state index is 5.87. The van der Waals surface area contributed by atoms with E-state index in [1.54, 1.807) is 0 Å². The molecular formula is C19H31NO. The summed E-state index contributed by atoms with van der Waals surface area (Å²) in [6.45, 7) is 7.40. The Kier molecular flexibility index (Phi) is 6.56. The van der Waals surface area contributed by atoms with Crippen molar-refractivity contribution in [1.29, 1.82) is 0 Å². The van der Waals surface area contributed by atoms with Gasteiger partial charge in [0.25, 0.3) is 0 Å². The van der Waals surface area contributed by atoms with Gasteiger partial charge in [-0.3, -0.25) is 0 Å². The van der Waals surface area contributed by atoms with Gasteiger partial charge in [-0.25, -0.2) is 0 Å². The Morgan fingerprint density at radius 1 is 1.14 bits per heavy atom. The summed E-state index contributed by atoms with van der Waals surface area (Å²) in [6.07, 6.45) is 8.52. The Morgan fingerprint density at radius 2 is 1.86 bits per heavy atom. The Bertz CT molecular complexity index is 408. The van der Waals surface area contributed by atoms with E-state index < -0.39 is 0 Å². The van der Waals surface area contributed by atoms with E-state index in [0.29, 0.717) is 6.04 Å². The zero-order chi connectivity index (χ0) is 15.1. The minimum atomic E-state index is 0.232. The molecule has 0 amide bonds. The average molecular weight is 289 g/mol. The molecule has 1 aromatic rings. The van der Waals surface area contributed by atoms with Crippen LogP contribution in [0.2, 0.25) is 0 Å². The third-order valence-corrected chi connectivity index (χ3v) is 4.38. The molecular weight excluding hydrogens is 258 g/mol. The second kappa shape index (κ2) is 8.43. The molecule has 1 unspecified atom stereocenters. The third-order valence-electron chi connectivity index (χ3n) is 4.38. The lowest BCUT2D eigenvalue weighted by atomic mass is 9.87. The van der Waals surface area contributed by atoms with Crippen molar-refractivity contribution in [2.75, 3.05) is 6.54 Å². The number of ether oxygens (including phenoxy) is 1. The maximum atomic E-state index is 5.87. The molecule has 21 heavy (non-hydrogen) atoms. The van der Waals surface area contributed by atoms with Crippen LogP contribution in [0, 0.1) is 5.92 Å². The van der Waals surface area contributed by atoms with Crippen LogP contribution in [-0.4, -0.2) is 12.6 Å². The normalized spacial score (nSPS) is 18.5. The van der Waals surface area contributed by atoms with Gasteiger partial charge in [0.05, 0.1) is 6.10 Å². The van der Waals surface area contributed by atoms with Crippen LogP contribution < -0.4 is 10.1 Å². The van der Waals surface area contributed by atoms with Crippen molar-refractivity contribution in [3.8, 4) is 5.75 Å². The Morgan fingerprint density at radius 3 is 2.48 bits per heavy atom. The highest BCUT2D eigenvalue weighted by Gasteiger charge is 2.23. The van der Waals surface area contributed by atoms with Gasteiger partial charge >= 0.3 is 0 Å². The SMILES string of the molecule is CCNC(c1cccc(OC(C)C)c1)C1CCCCCC1. The van der Waals surface area contributed by atoms with Gasteiger partial charge in [-0.1, -0.05) is 44.7 Å². The molecule has 0 heterocycles.